The molecule has 20 heavy (non-hydrogen) atoms. The number of methoxy groups -OCH3 is 1. The second kappa shape index (κ2) is 5.40. The molecule has 2 aliphatic carbocycles. The highest BCUT2D eigenvalue weighted by Crippen LogP contribution is 2.57. The van der Waals surface area contributed by atoms with Gasteiger partial charge in [0.15, 0.2) is 0 Å². The van der Waals surface area contributed by atoms with Crippen LogP contribution in [0.5, 0.6) is 5.75 Å². The molecule has 2 fully saturated rings. The van der Waals surface area contributed by atoms with Gasteiger partial charge in [0.2, 0.25) is 0 Å². The Balaban J connectivity index is 1.94. The van der Waals surface area contributed by atoms with Crippen LogP contribution in [0.25, 0.3) is 0 Å². The molecule has 2 nitrogen and oxygen atoms in total. The van der Waals surface area contributed by atoms with Gasteiger partial charge in [-0.05, 0) is 74.6 Å². The van der Waals surface area contributed by atoms with E-state index in [0.29, 0.717) is 6.04 Å². The third kappa shape index (κ3) is 2.46. The lowest BCUT2D eigenvalue weighted by molar-refractivity contribution is 0.328. The second-order valence-corrected chi connectivity index (χ2v) is 6.72. The molecule has 2 saturated carbocycles. The van der Waals surface area contributed by atoms with Crippen molar-refractivity contribution in [2.75, 3.05) is 13.7 Å². The minimum absolute atomic E-state index is 0.461. The average Bonchev–Trinajstić information content (AvgIpc) is 3.02. The van der Waals surface area contributed by atoms with Gasteiger partial charge in [0.1, 0.15) is 5.75 Å². The number of rotatable bonds is 5. The van der Waals surface area contributed by atoms with Crippen molar-refractivity contribution in [2.45, 2.75) is 46.1 Å². The molecule has 0 aliphatic heterocycles. The van der Waals surface area contributed by atoms with E-state index in [1.54, 1.807) is 7.11 Å². The van der Waals surface area contributed by atoms with Gasteiger partial charge < -0.3 is 10.1 Å². The molecule has 3 atom stereocenters. The highest BCUT2D eigenvalue weighted by molar-refractivity contribution is 5.45. The van der Waals surface area contributed by atoms with Crippen LogP contribution in [0, 0.1) is 31.6 Å². The summed E-state index contributed by atoms with van der Waals surface area (Å²) >= 11 is 0. The number of ether oxygens (including phenoxy) is 1. The zero-order valence-electron chi connectivity index (χ0n) is 13.2. The molecule has 3 rings (SSSR count). The number of aryl methyl sites for hydroxylation is 2. The first-order valence-electron chi connectivity index (χ1n) is 8.02. The Hall–Kier alpha value is -1.02. The monoisotopic (exact) mass is 273 g/mol. The first-order chi connectivity index (χ1) is 9.63. The zero-order chi connectivity index (χ0) is 14.3. The molecular weight excluding hydrogens is 246 g/mol. The van der Waals surface area contributed by atoms with Crippen molar-refractivity contribution in [3.05, 3.63) is 28.8 Å². The lowest BCUT2D eigenvalue weighted by atomic mass is 9.86. The Kier molecular flexibility index (Phi) is 3.76. The summed E-state index contributed by atoms with van der Waals surface area (Å²) < 4.78 is 5.69. The zero-order valence-corrected chi connectivity index (χ0v) is 13.2. The molecule has 3 unspecified atom stereocenters. The molecule has 2 heteroatoms. The van der Waals surface area contributed by atoms with E-state index >= 15 is 0 Å². The Morgan fingerprint density at radius 3 is 2.50 bits per heavy atom. The van der Waals surface area contributed by atoms with Gasteiger partial charge in [0.25, 0.3) is 0 Å². The predicted octanol–water partition coefficient (Wildman–Crippen LogP) is 4.01. The molecule has 1 aromatic carbocycles. The SMILES string of the molecule is CCNC(c1c(C)cc(C)cc1OC)C1CC2CC2C1. The molecule has 0 amide bonds. The quantitative estimate of drug-likeness (QED) is 0.875. The van der Waals surface area contributed by atoms with Crippen LogP contribution >= 0.6 is 0 Å². The minimum Gasteiger partial charge on any atom is -0.496 e. The highest BCUT2D eigenvalue weighted by atomic mass is 16.5. The van der Waals surface area contributed by atoms with E-state index in [-0.39, 0.29) is 0 Å². The van der Waals surface area contributed by atoms with Crippen LogP contribution in [0.4, 0.5) is 0 Å². The summed E-state index contributed by atoms with van der Waals surface area (Å²) in [5, 5.41) is 3.74. The van der Waals surface area contributed by atoms with Crippen LogP contribution in [-0.2, 0) is 0 Å². The van der Waals surface area contributed by atoms with Gasteiger partial charge in [-0.2, -0.15) is 0 Å². The van der Waals surface area contributed by atoms with Crippen molar-refractivity contribution in [1.29, 1.82) is 0 Å². The van der Waals surface area contributed by atoms with Gasteiger partial charge in [-0.25, -0.2) is 0 Å². The van der Waals surface area contributed by atoms with Gasteiger partial charge >= 0.3 is 0 Å². The van der Waals surface area contributed by atoms with Crippen LogP contribution in [-0.4, -0.2) is 13.7 Å². The third-order valence-corrected chi connectivity index (χ3v) is 5.20. The Morgan fingerprint density at radius 2 is 1.90 bits per heavy atom. The predicted molar refractivity (Wildman–Crippen MR) is 83.2 cm³/mol. The maximum absolute atomic E-state index is 5.69. The van der Waals surface area contributed by atoms with Crippen molar-refractivity contribution in [2.24, 2.45) is 17.8 Å². The highest BCUT2D eigenvalue weighted by Gasteiger charge is 2.48. The fourth-order valence-corrected chi connectivity index (χ4v) is 4.27. The average molecular weight is 273 g/mol. The van der Waals surface area contributed by atoms with E-state index < -0.39 is 0 Å². The summed E-state index contributed by atoms with van der Waals surface area (Å²) in [5.74, 6) is 3.90. The van der Waals surface area contributed by atoms with Gasteiger partial charge in [-0.1, -0.05) is 13.0 Å². The van der Waals surface area contributed by atoms with Crippen molar-refractivity contribution in [3.8, 4) is 5.75 Å². The summed E-state index contributed by atoms with van der Waals surface area (Å²) in [5.41, 5.74) is 4.05. The largest absolute Gasteiger partial charge is 0.496 e. The number of fused-ring (bicyclic) bond motifs is 1. The van der Waals surface area contributed by atoms with E-state index in [1.807, 2.05) is 0 Å². The standard InChI is InChI=1S/C18H27NO/c1-5-19-18(15-9-13-8-14(13)10-15)17-12(3)6-11(2)7-16(17)20-4/h6-7,13-15,18-19H,5,8-10H2,1-4H3. The number of benzene rings is 1. The summed E-state index contributed by atoms with van der Waals surface area (Å²) in [6, 6.07) is 4.93. The number of nitrogens with one attached hydrogen (secondary N) is 1. The number of hydrogen-bond donors (Lipinski definition) is 1. The van der Waals surface area contributed by atoms with Crippen LogP contribution < -0.4 is 10.1 Å². The van der Waals surface area contributed by atoms with E-state index in [1.165, 1.54) is 36.0 Å². The van der Waals surface area contributed by atoms with E-state index in [0.717, 1.165) is 30.0 Å². The lowest BCUT2D eigenvalue weighted by Gasteiger charge is -2.29. The molecular formula is C18H27NO. The molecule has 0 spiro atoms. The van der Waals surface area contributed by atoms with Crippen LogP contribution in [0.1, 0.15) is 48.9 Å². The molecule has 2 aliphatic rings. The smallest absolute Gasteiger partial charge is 0.124 e. The van der Waals surface area contributed by atoms with Crippen molar-refractivity contribution in [3.63, 3.8) is 0 Å². The van der Waals surface area contributed by atoms with Crippen molar-refractivity contribution < 1.29 is 4.74 Å². The second-order valence-electron chi connectivity index (χ2n) is 6.72. The molecule has 0 saturated heterocycles. The maximum atomic E-state index is 5.69. The van der Waals surface area contributed by atoms with Crippen LogP contribution in [0.3, 0.4) is 0 Å². The molecule has 0 heterocycles. The van der Waals surface area contributed by atoms with E-state index in [9.17, 15) is 0 Å². The van der Waals surface area contributed by atoms with Gasteiger partial charge in [0, 0.05) is 11.6 Å². The molecule has 0 bridgehead atoms. The topological polar surface area (TPSA) is 21.3 Å². The van der Waals surface area contributed by atoms with E-state index in [4.69, 9.17) is 4.74 Å². The van der Waals surface area contributed by atoms with Crippen LogP contribution in [0.15, 0.2) is 12.1 Å². The molecule has 1 N–H and O–H groups in total. The fraction of sp³-hybridized carbons (Fsp3) is 0.667. The number of hydrogen-bond acceptors (Lipinski definition) is 2. The fourth-order valence-electron chi connectivity index (χ4n) is 4.27. The van der Waals surface area contributed by atoms with Crippen LogP contribution in [0.2, 0.25) is 0 Å². The Bertz CT molecular complexity index is 486. The third-order valence-electron chi connectivity index (χ3n) is 5.20. The van der Waals surface area contributed by atoms with Gasteiger partial charge in [-0.15, -0.1) is 0 Å². The maximum Gasteiger partial charge on any atom is 0.124 e. The van der Waals surface area contributed by atoms with Gasteiger partial charge in [-0.3, -0.25) is 0 Å². The molecule has 0 aromatic heterocycles. The molecule has 0 radical (unpaired) electrons. The molecule has 110 valence electrons. The summed E-state index contributed by atoms with van der Waals surface area (Å²) in [6.45, 7) is 7.60. The Morgan fingerprint density at radius 1 is 1.20 bits per heavy atom. The summed E-state index contributed by atoms with van der Waals surface area (Å²) in [4.78, 5) is 0. The molecule has 1 aromatic rings. The Labute approximate surface area is 122 Å². The van der Waals surface area contributed by atoms with Gasteiger partial charge in [0.05, 0.1) is 7.11 Å². The first-order valence-corrected chi connectivity index (χ1v) is 8.02. The van der Waals surface area contributed by atoms with E-state index in [2.05, 4.69) is 38.2 Å². The first kappa shape index (κ1) is 13.9. The minimum atomic E-state index is 0.461. The van der Waals surface area contributed by atoms with Crippen molar-refractivity contribution in [1.82, 2.24) is 5.32 Å². The normalized spacial score (nSPS) is 29.1. The van der Waals surface area contributed by atoms with Crippen molar-refractivity contribution >= 4 is 0 Å². The lowest BCUT2D eigenvalue weighted by Crippen LogP contribution is -2.29. The summed E-state index contributed by atoms with van der Waals surface area (Å²) in [7, 11) is 1.80. The summed E-state index contributed by atoms with van der Waals surface area (Å²) in [6.07, 6.45) is 4.29.